The van der Waals surface area contributed by atoms with Gasteiger partial charge in [0.2, 0.25) is 10.0 Å². The monoisotopic (exact) mass is 271 g/mol. The van der Waals surface area contributed by atoms with Crippen LogP contribution in [0.15, 0.2) is 17.2 Å². The van der Waals surface area contributed by atoms with E-state index in [9.17, 15) is 8.42 Å². The molecule has 1 fully saturated rings. The first-order chi connectivity index (χ1) is 8.37. The van der Waals surface area contributed by atoms with Gasteiger partial charge in [0.15, 0.2) is 0 Å². The van der Waals surface area contributed by atoms with E-state index in [0.717, 1.165) is 18.5 Å². The second-order valence-corrected chi connectivity index (χ2v) is 7.12. The molecule has 0 spiro atoms. The molecule has 1 saturated carbocycles. The highest BCUT2D eigenvalue weighted by molar-refractivity contribution is 7.89. The molecule has 6 heteroatoms. The highest BCUT2D eigenvalue weighted by Gasteiger charge is 2.35. The molecule has 1 aromatic rings. The fourth-order valence-corrected chi connectivity index (χ4v) is 3.55. The maximum Gasteiger partial charge on any atom is 0.244 e. The first-order valence-corrected chi connectivity index (χ1v) is 7.70. The highest BCUT2D eigenvalue weighted by Crippen LogP contribution is 2.31. The summed E-state index contributed by atoms with van der Waals surface area (Å²) < 4.78 is 28.2. The van der Waals surface area contributed by atoms with Gasteiger partial charge in [-0.2, -0.15) is 4.31 Å². The predicted octanol–water partition coefficient (Wildman–Crippen LogP) is 1.31. The predicted molar refractivity (Wildman–Crippen MR) is 70.7 cm³/mol. The molecule has 1 aromatic heterocycles. The maximum atomic E-state index is 12.4. The largest absolute Gasteiger partial charge is 0.346 e. The number of sulfonamides is 1. The third-order valence-electron chi connectivity index (χ3n) is 3.41. The normalized spacial score (nSPS) is 16.8. The third kappa shape index (κ3) is 2.32. The Kier molecular flexibility index (Phi) is 3.53. The summed E-state index contributed by atoms with van der Waals surface area (Å²) in [5.41, 5.74) is 6.52. The Morgan fingerprint density at radius 1 is 1.50 bits per heavy atom. The molecule has 5 nitrogen and oxygen atoms in total. The molecule has 0 aromatic carbocycles. The van der Waals surface area contributed by atoms with Gasteiger partial charge in [-0.1, -0.05) is 0 Å². The van der Waals surface area contributed by atoms with Crippen LogP contribution in [0, 0.1) is 0 Å². The minimum Gasteiger partial charge on any atom is -0.346 e. The van der Waals surface area contributed by atoms with Gasteiger partial charge in [-0.3, -0.25) is 0 Å². The van der Waals surface area contributed by atoms with Crippen molar-refractivity contribution in [1.29, 1.82) is 0 Å². The molecule has 1 heterocycles. The Bertz CT molecular complexity index is 530. The average Bonchev–Trinajstić information content (AvgIpc) is 3.05. The van der Waals surface area contributed by atoms with Gasteiger partial charge in [0.25, 0.3) is 0 Å². The van der Waals surface area contributed by atoms with Gasteiger partial charge in [0.1, 0.15) is 4.90 Å². The molecule has 0 radical (unpaired) electrons. The van der Waals surface area contributed by atoms with Crippen LogP contribution in [0.4, 0.5) is 0 Å². The second-order valence-electron chi connectivity index (χ2n) is 5.12. The van der Waals surface area contributed by atoms with Gasteiger partial charge < -0.3 is 10.3 Å². The van der Waals surface area contributed by atoms with Crippen LogP contribution in [0.5, 0.6) is 0 Å². The Labute approximate surface area is 109 Å². The molecule has 102 valence electrons. The van der Waals surface area contributed by atoms with Crippen LogP contribution in [0.2, 0.25) is 0 Å². The van der Waals surface area contributed by atoms with Crippen molar-refractivity contribution < 1.29 is 8.42 Å². The molecule has 0 saturated heterocycles. The zero-order chi connectivity index (χ0) is 13.5. The van der Waals surface area contributed by atoms with Crippen molar-refractivity contribution in [3.63, 3.8) is 0 Å². The van der Waals surface area contributed by atoms with E-state index in [1.54, 1.807) is 19.3 Å². The number of aromatic nitrogens is 1. The van der Waals surface area contributed by atoms with Gasteiger partial charge in [-0.15, -0.1) is 0 Å². The molecule has 0 aliphatic heterocycles. The summed E-state index contributed by atoms with van der Waals surface area (Å²) in [6.07, 6.45) is 3.62. The lowest BCUT2D eigenvalue weighted by atomic mass is 10.3. The Morgan fingerprint density at radius 3 is 2.50 bits per heavy atom. The summed E-state index contributed by atoms with van der Waals surface area (Å²) in [5.74, 6) is 0. The summed E-state index contributed by atoms with van der Waals surface area (Å²) in [4.78, 5) is 0.353. The lowest BCUT2D eigenvalue weighted by Gasteiger charge is -2.15. The molecule has 2 N–H and O–H groups in total. The molecular weight excluding hydrogens is 250 g/mol. The molecule has 1 aliphatic rings. The maximum absolute atomic E-state index is 12.4. The fraction of sp³-hybridized carbons (Fsp3) is 0.667. The SMILES string of the molecule is CC(C)n1cc(S(=O)(=O)N(C)C2CC2)cc1CN. The summed E-state index contributed by atoms with van der Waals surface area (Å²) >= 11 is 0. The summed E-state index contributed by atoms with van der Waals surface area (Å²) in [6.45, 7) is 4.38. The van der Waals surface area contributed by atoms with Crippen LogP contribution < -0.4 is 5.73 Å². The van der Waals surface area contributed by atoms with Crippen molar-refractivity contribution >= 4 is 10.0 Å². The average molecular weight is 271 g/mol. The molecule has 0 atom stereocenters. The van der Waals surface area contributed by atoms with E-state index in [0.29, 0.717) is 11.4 Å². The van der Waals surface area contributed by atoms with E-state index >= 15 is 0 Å². The molecule has 0 bridgehead atoms. The van der Waals surface area contributed by atoms with Crippen LogP contribution in [0.25, 0.3) is 0 Å². The van der Waals surface area contributed by atoms with Gasteiger partial charge in [0.05, 0.1) is 0 Å². The molecule has 2 rings (SSSR count). The first-order valence-electron chi connectivity index (χ1n) is 6.26. The molecule has 18 heavy (non-hydrogen) atoms. The number of rotatable bonds is 5. The zero-order valence-corrected chi connectivity index (χ0v) is 11.9. The zero-order valence-electron chi connectivity index (χ0n) is 11.1. The second kappa shape index (κ2) is 4.68. The summed E-state index contributed by atoms with van der Waals surface area (Å²) in [5, 5.41) is 0. The number of hydrogen-bond acceptors (Lipinski definition) is 3. The van der Waals surface area contributed by atoms with E-state index in [1.165, 1.54) is 4.31 Å². The quantitative estimate of drug-likeness (QED) is 0.878. The van der Waals surface area contributed by atoms with Crippen LogP contribution in [0.3, 0.4) is 0 Å². The summed E-state index contributed by atoms with van der Waals surface area (Å²) in [6, 6.07) is 2.08. The van der Waals surface area contributed by atoms with E-state index in [2.05, 4.69) is 0 Å². The van der Waals surface area contributed by atoms with Gasteiger partial charge in [-0.05, 0) is 32.8 Å². The lowest BCUT2D eigenvalue weighted by molar-refractivity contribution is 0.464. The van der Waals surface area contributed by atoms with Crippen molar-refractivity contribution in [3.05, 3.63) is 18.0 Å². The van der Waals surface area contributed by atoms with Crippen LogP contribution >= 0.6 is 0 Å². The van der Waals surface area contributed by atoms with E-state index in [-0.39, 0.29) is 12.1 Å². The Hall–Kier alpha value is -0.850. The van der Waals surface area contributed by atoms with Crippen molar-refractivity contribution in [1.82, 2.24) is 8.87 Å². The van der Waals surface area contributed by atoms with Gasteiger partial charge in [-0.25, -0.2) is 8.42 Å². The standard InChI is InChI=1S/C12H21N3O2S/c1-9(2)15-8-12(6-11(15)7-13)18(16,17)14(3)10-4-5-10/h6,8-10H,4-5,7,13H2,1-3H3. The smallest absolute Gasteiger partial charge is 0.244 e. The van der Waals surface area contributed by atoms with Crippen molar-refractivity contribution in [3.8, 4) is 0 Å². The Morgan fingerprint density at radius 2 is 2.11 bits per heavy atom. The van der Waals surface area contributed by atoms with Gasteiger partial charge >= 0.3 is 0 Å². The van der Waals surface area contributed by atoms with E-state index in [4.69, 9.17) is 5.73 Å². The molecule has 0 amide bonds. The number of nitrogens with two attached hydrogens (primary N) is 1. The number of hydrogen-bond donors (Lipinski definition) is 1. The van der Waals surface area contributed by atoms with Crippen molar-refractivity contribution in [2.24, 2.45) is 5.73 Å². The Balaban J connectivity index is 2.38. The van der Waals surface area contributed by atoms with E-state index < -0.39 is 10.0 Å². The number of nitrogens with zero attached hydrogens (tertiary/aromatic N) is 2. The molecule has 1 aliphatic carbocycles. The lowest BCUT2D eigenvalue weighted by Crippen LogP contribution is -2.28. The van der Waals surface area contributed by atoms with Crippen molar-refractivity contribution in [2.75, 3.05) is 7.05 Å². The fourth-order valence-electron chi connectivity index (χ4n) is 2.08. The van der Waals surface area contributed by atoms with Crippen LogP contribution in [-0.4, -0.2) is 30.4 Å². The minimum absolute atomic E-state index is 0.179. The van der Waals surface area contributed by atoms with E-state index in [1.807, 2.05) is 18.4 Å². The first kappa shape index (κ1) is 13.6. The summed E-state index contributed by atoms with van der Waals surface area (Å²) in [7, 11) is -1.71. The minimum atomic E-state index is -3.36. The topological polar surface area (TPSA) is 68.3 Å². The van der Waals surface area contributed by atoms with Crippen molar-refractivity contribution in [2.45, 2.75) is 50.2 Å². The molecular formula is C12H21N3O2S. The van der Waals surface area contributed by atoms with Crippen LogP contribution in [-0.2, 0) is 16.6 Å². The third-order valence-corrected chi connectivity index (χ3v) is 5.29. The molecule has 0 unspecified atom stereocenters. The van der Waals surface area contributed by atoms with Gasteiger partial charge in [0, 0.05) is 37.6 Å². The highest BCUT2D eigenvalue weighted by atomic mass is 32.2. The van der Waals surface area contributed by atoms with Crippen LogP contribution in [0.1, 0.15) is 38.4 Å².